The number of carboxylic acids is 1. The zero-order chi connectivity index (χ0) is 15.4. The molecule has 0 heterocycles. The zero-order valence-corrected chi connectivity index (χ0v) is 11.8. The van der Waals surface area contributed by atoms with Gasteiger partial charge in [0.1, 0.15) is 11.6 Å². The number of rotatable bonds is 5. The Morgan fingerprint density at radius 3 is 2.19 bits per heavy atom. The topological polar surface area (TPSA) is 37.3 Å². The largest absolute Gasteiger partial charge is 0.481 e. The van der Waals surface area contributed by atoms with Crippen molar-refractivity contribution in [2.75, 3.05) is 0 Å². The van der Waals surface area contributed by atoms with Crippen molar-refractivity contribution < 1.29 is 18.7 Å². The minimum Gasteiger partial charge on any atom is -0.481 e. The predicted molar refractivity (Wildman–Crippen MR) is 76.3 cm³/mol. The Morgan fingerprint density at radius 1 is 1.05 bits per heavy atom. The lowest BCUT2D eigenvalue weighted by Gasteiger charge is -2.13. The van der Waals surface area contributed by atoms with Crippen molar-refractivity contribution >= 4 is 17.6 Å². The van der Waals surface area contributed by atoms with E-state index < -0.39 is 17.7 Å². The molecular formula is C16H13ClF2O2. The van der Waals surface area contributed by atoms with Gasteiger partial charge in [-0.2, -0.15) is 0 Å². The van der Waals surface area contributed by atoms with Crippen molar-refractivity contribution in [1.82, 2.24) is 0 Å². The maximum Gasteiger partial charge on any atom is 0.307 e. The lowest BCUT2D eigenvalue weighted by atomic mass is 9.92. The molecule has 0 bridgehead atoms. The molecule has 2 aromatic rings. The van der Waals surface area contributed by atoms with Crippen molar-refractivity contribution in [2.24, 2.45) is 5.92 Å². The van der Waals surface area contributed by atoms with Crippen LogP contribution < -0.4 is 0 Å². The van der Waals surface area contributed by atoms with Crippen molar-refractivity contribution in [2.45, 2.75) is 12.8 Å². The van der Waals surface area contributed by atoms with Crippen LogP contribution in [0.4, 0.5) is 8.78 Å². The van der Waals surface area contributed by atoms with Gasteiger partial charge >= 0.3 is 5.97 Å². The molecule has 0 spiro atoms. The van der Waals surface area contributed by atoms with Gasteiger partial charge in [-0.3, -0.25) is 4.79 Å². The van der Waals surface area contributed by atoms with E-state index in [0.717, 1.165) is 5.56 Å². The second-order valence-corrected chi connectivity index (χ2v) is 5.23. The summed E-state index contributed by atoms with van der Waals surface area (Å²) in [5.41, 5.74) is 1.38. The summed E-state index contributed by atoms with van der Waals surface area (Å²) < 4.78 is 25.9. The number of hydrogen-bond acceptors (Lipinski definition) is 1. The number of carbonyl (C=O) groups is 1. The van der Waals surface area contributed by atoms with Crippen LogP contribution in [0.25, 0.3) is 0 Å². The lowest BCUT2D eigenvalue weighted by Crippen LogP contribution is -2.19. The van der Waals surface area contributed by atoms with Gasteiger partial charge in [0.25, 0.3) is 0 Å². The van der Waals surface area contributed by atoms with E-state index in [0.29, 0.717) is 5.56 Å². The third-order valence-corrected chi connectivity index (χ3v) is 3.50. The van der Waals surface area contributed by atoms with E-state index in [-0.39, 0.29) is 23.7 Å². The van der Waals surface area contributed by atoms with Crippen LogP contribution in [0.5, 0.6) is 0 Å². The highest BCUT2D eigenvalue weighted by Crippen LogP contribution is 2.20. The Bertz CT molecular complexity index is 641. The standard InChI is InChI=1S/C16H13ClF2O2/c17-14-9-11(3-6-15(14)19)8-12(16(20)21)7-10-1-4-13(18)5-2-10/h1-6,9,12H,7-8H2,(H,20,21). The molecule has 0 saturated carbocycles. The summed E-state index contributed by atoms with van der Waals surface area (Å²) in [4.78, 5) is 11.3. The van der Waals surface area contributed by atoms with E-state index in [1.165, 1.54) is 30.3 Å². The molecule has 0 aliphatic carbocycles. The highest BCUT2D eigenvalue weighted by molar-refractivity contribution is 6.30. The van der Waals surface area contributed by atoms with Gasteiger partial charge in [0.15, 0.2) is 0 Å². The first-order chi connectivity index (χ1) is 9.95. The van der Waals surface area contributed by atoms with Crippen LogP contribution in [0.2, 0.25) is 5.02 Å². The molecule has 2 rings (SSSR count). The summed E-state index contributed by atoms with van der Waals surface area (Å²) in [5, 5.41) is 9.26. The molecule has 5 heteroatoms. The van der Waals surface area contributed by atoms with Crippen LogP contribution in [0.15, 0.2) is 42.5 Å². The Morgan fingerprint density at radius 2 is 1.62 bits per heavy atom. The van der Waals surface area contributed by atoms with Crippen LogP contribution in [0, 0.1) is 17.6 Å². The van der Waals surface area contributed by atoms with Crippen molar-refractivity contribution in [3.8, 4) is 0 Å². The lowest BCUT2D eigenvalue weighted by molar-refractivity contribution is -0.141. The molecule has 2 aromatic carbocycles. The third-order valence-electron chi connectivity index (χ3n) is 3.21. The number of hydrogen-bond donors (Lipinski definition) is 1. The van der Waals surface area contributed by atoms with Crippen molar-refractivity contribution in [3.05, 3.63) is 70.2 Å². The van der Waals surface area contributed by atoms with Gasteiger partial charge in [-0.15, -0.1) is 0 Å². The normalized spacial score (nSPS) is 12.1. The Labute approximate surface area is 126 Å². The molecule has 0 aliphatic rings. The van der Waals surface area contributed by atoms with Crippen LogP contribution >= 0.6 is 11.6 Å². The molecule has 0 saturated heterocycles. The van der Waals surface area contributed by atoms with E-state index in [9.17, 15) is 18.7 Å². The van der Waals surface area contributed by atoms with Gasteiger partial charge in [0.05, 0.1) is 10.9 Å². The van der Waals surface area contributed by atoms with E-state index in [1.807, 2.05) is 0 Å². The van der Waals surface area contributed by atoms with Crippen LogP contribution in [0.1, 0.15) is 11.1 Å². The molecule has 110 valence electrons. The fourth-order valence-corrected chi connectivity index (χ4v) is 2.31. The number of carboxylic acid groups (broad SMARTS) is 1. The van der Waals surface area contributed by atoms with Gasteiger partial charge in [0, 0.05) is 0 Å². The molecule has 0 aliphatic heterocycles. The molecule has 0 fully saturated rings. The zero-order valence-electron chi connectivity index (χ0n) is 11.0. The average molecular weight is 311 g/mol. The minimum atomic E-state index is -0.959. The summed E-state index contributed by atoms with van der Waals surface area (Å²) >= 11 is 5.69. The predicted octanol–water partition coefficient (Wildman–Crippen LogP) is 4.10. The second kappa shape index (κ2) is 6.68. The quantitative estimate of drug-likeness (QED) is 0.902. The maximum absolute atomic E-state index is 13.1. The number of aliphatic carboxylic acids is 1. The molecule has 0 aromatic heterocycles. The fourth-order valence-electron chi connectivity index (χ4n) is 2.10. The van der Waals surface area contributed by atoms with Gasteiger partial charge in [-0.25, -0.2) is 8.78 Å². The Balaban J connectivity index is 2.13. The highest BCUT2D eigenvalue weighted by Gasteiger charge is 2.19. The average Bonchev–Trinajstić information content (AvgIpc) is 2.44. The van der Waals surface area contributed by atoms with Crippen LogP contribution in [-0.4, -0.2) is 11.1 Å². The van der Waals surface area contributed by atoms with Crippen LogP contribution in [0.3, 0.4) is 0 Å². The number of halogens is 3. The summed E-state index contributed by atoms with van der Waals surface area (Å²) in [6, 6.07) is 9.87. The van der Waals surface area contributed by atoms with E-state index in [1.54, 1.807) is 12.1 Å². The molecule has 0 amide bonds. The Hall–Kier alpha value is -1.94. The summed E-state index contributed by atoms with van der Waals surface area (Å²) in [7, 11) is 0. The van der Waals surface area contributed by atoms with Gasteiger partial charge in [0.2, 0.25) is 0 Å². The molecule has 2 nitrogen and oxygen atoms in total. The van der Waals surface area contributed by atoms with E-state index >= 15 is 0 Å². The molecular weight excluding hydrogens is 298 g/mol. The first-order valence-corrected chi connectivity index (χ1v) is 6.74. The van der Waals surface area contributed by atoms with Crippen molar-refractivity contribution in [3.63, 3.8) is 0 Å². The van der Waals surface area contributed by atoms with Crippen molar-refractivity contribution in [1.29, 1.82) is 0 Å². The monoisotopic (exact) mass is 310 g/mol. The first-order valence-electron chi connectivity index (χ1n) is 6.37. The fraction of sp³-hybridized carbons (Fsp3) is 0.188. The third kappa shape index (κ3) is 4.26. The van der Waals surface area contributed by atoms with E-state index in [4.69, 9.17) is 11.6 Å². The molecule has 1 atom stereocenters. The SMILES string of the molecule is O=C(O)C(Cc1ccc(F)cc1)Cc1ccc(F)c(Cl)c1. The smallest absolute Gasteiger partial charge is 0.307 e. The summed E-state index contributed by atoms with van der Waals surface area (Å²) in [5.74, 6) is -2.54. The molecule has 1 N–H and O–H groups in total. The molecule has 21 heavy (non-hydrogen) atoms. The summed E-state index contributed by atoms with van der Waals surface area (Å²) in [6.45, 7) is 0. The van der Waals surface area contributed by atoms with Gasteiger partial charge in [-0.1, -0.05) is 29.8 Å². The van der Waals surface area contributed by atoms with Gasteiger partial charge in [-0.05, 0) is 48.2 Å². The summed E-state index contributed by atoms with van der Waals surface area (Å²) in [6.07, 6.45) is 0.497. The van der Waals surface area contributed by atoms with Gasteiger partial charge < -0.3 is 5.11 Å². The number of benzene rings is 2. The Kier molecular flexibility index (Phi) is 4.91. The maximum atomic E-state index is 13.1. The first kappa shape index (κ1) is 15.4. The highest BCUT2D eigenvalue weighted by atomic mass is 35.5. The molecule has 0 radical (unpaired) electrons. The van der Waals surface area contributed by atoms with E-state index in [2.05, 4.69) is 0 Å². The molecule has 1 unspecified atom stereocenters. The second-order valence-electron chi connectivity index (χ2n) is 4.82. The minimum absolute atomic E-state index is 0.0292. The van der Waals surface area contributed by atoms with Crippen LogP contribution in [-0.2, 0) is 17.6 Å².